The normalized spacial score (nSPS) is 18.5. The van der Waals surface area contributed by atoms with E-state index in [-0.39, 0.29) is 17.9 Å². The molecule has 0 radical (unpaired) electrons. The molecule has 0 bridgehead atoms. The standard InChI is InChI=1S/C12H22N2O3/c1-8(12(16)17)3-2-6-14-11(15)7-10(13)9-4-5-9/h8-10H,2-7,13H2,1H3,(H,14,15)(H,16,17). The lowest BCUT2D eigenvalue weighted by molar-refractivity contribution is -0.141. The van der Waals surface area contributed by atoms with E-state index in [0.717, 1.165) is 12.8 Å². The third-order valence-corrected chi connectivity index (χ3v) is 3.21. The highest BCUT2D eigenvalue weighted by molar-refractivity contribution is 5.76. The Morgan fingerprint density at radius 1 is 1.47 bits per heavy atom. The van der Waals surface area contributed by atoms with Crippen molar-refractivity contribution in [1.29, 1.82) is 0 Å². The Morgan fingerprint density at radius 2 is 2.12 bits per heavy atom. The third kappa shape index (κ3) is 5.68. The van der Waals surface area contributed by atoms with Gasteiger partial charge in [-0.15, -0.1) is 0 Å². The van der Waals surface area contributed by atoms with Crippen molar-refractivity contribution in [3.63, 3.8) is 0 Å². The minimum absolute atomic E-state index is 0.00653. The minimum atomic E-state index is -0.785. The number of carboxylic acids is 1. The summed E-state index contributed by atoms with van der Waals surface area (Å²) >= 11 is 0. The van der Waals surface area contributed by atoms with Gasteiger partial charge in [0.05, 0.1) is 5.92 Å². The van der Waals surface area contributed by atoms with E-state index >= 15 is 0 Å². The Morgan fingerprint density at radius 3 is 2.65 bits per heavy atom. The van der Waals surface area contributed by atoms with Crippen LogP contribution in [0.3, 0.4) is 0 Å². The van der Waals surface area contributed by atoms with Crippen LogP contribution >= 0.6 is 0 Å². The van der Waals surface area contributed by atoms with E-state index < -0.39 is 5.97 Å². The van der Waals surface area contributed by atoms with Crippen molar-refractivity contribution in [3.05, 3.63) is 0 Å². The Hall–Kier alpha value is -1.10. The van der Waals surface area contributed by atoms with E-state index in [1.807, 2.05) is 0 Å². The van der Waals surface area contributed by atoms with E-state index in [2.05, 4.69) is 5.32 Å². The smallest absolute Gasteiger partial charge is 0.306 e. The van der Waals surface area contributed by atoms with Gasteiger partial charge in [-0.25, -0.2) is 0 Å². The summed E-state index contributed by atoms with van der Waals surface area (Å²) in [5.74, 6) is -0.618. The first-order chi connectivity index (χ1) is 8.00. The van der Waals surface area contributed by atoms with Crippen LogP contribution in [0.25, 0.3) is 0 Å². The van der Waals surface area contributed by atoms with E-state index in [0.29, 0.717) is 31.7 Å². The van der Waals surface area contributed by atoms with E-state index in [1.165, 1.54) is 0 Å². The van der Waals surface area contributed by atoms with Crippen molar-refractivity contribution < 1.29 is 14.7 Å². The molecular weight excluding hydrogens is 220 g/mol. The molecule has 2 unspecified atom stereocenters. The Bertz CT molecular complexity index is 277. The molecule has 0 aliphatic heterocycles. The van der Waals surface area contributed by atoms with Crippen molar-refractivity contribution >= 4 is 11.9 Å². The highest BCUT2D eigenvalue weighted by Crippen LogP contribution is 2.32. The molecule has 1 amide bonds. The fourth-order valence-corrected chi connectivity index (χ4v) is 1.74. The van der Waals surface area contributed by atoms with Crippen LogP contribution in [-0.2, 0) is 9.59 Å². The molecule has 17 heavy (non-hydrogen) atoms. The average Bonchev–Trinajstić information content (AvgIpc) is 3.07. The number of nitrogens with two attached hydrogens (primary N) is 1. The van der Waals surface area contributed by atoms with Crippen LogP contribution in [-0.4, -0.2) is 29.6 Å². The molecular formula is C12H22N2O3. The number of amides is 1. The number of carboxylic acid groups (broad SMARTS) is 1. The van der Waals surface area contributed by atoms with E-state index in [4.69, 9.17) is 10.8 Å². The largest absolute Gasteiger partial charge is 0.481 e. The molecule has 2 atom stereocenters. The molecule has 0 aromatic rings. The molecule has 1 rings (SSSR count). The predicted octanol–water partition coefficient (Wildman–Crippen LogP) is 0.731. The van der Waals surface area contributed by atoms with Gasteiger partial charge in [-0.3, -0.25) is 9.59 Å². The molecule has 0 aromatic carbocycles. The van der Waals surface area contributed by atoms with Crippen LogP contribution in [0.2, 0.25) is 0 Å². The molecule has 5 heteroatoms. The zero-order valence-electron chi connectivity index (χ0n) is 10.3. The zero-order valence-corrected chi connectivity index (χ0v) is 10.3. The molecule has 1 saturated carbocycles. The molecule has 1 aliphatic carbocycles. The van der Waals surface area contributed by atoms with Crippen molar-refractivity contribution in [2.75, 3.05) is 6.54 Å². The SMILES string of the molecule is CC(CCCNC(=O)CC(N)C1CC1)C(=O)O. The molecule has 98 valence electrons. The van der Waals surface area contributed by atoms with Crippen LogP contribution in [0.15, 0.2) is 0 Å². The summed E-state index contributed by atoms with van der Waals surface area (Å²) in [5, 5.41) is 11.5. The number of hydrogen-bond donors (Lipinski definition) is 3. The second kappa shape index (κ2) is 6.59. The second-order valence-corrected chi connectivity index (χ2v) is 4.94. The lowest BCUT2D eigenvalue weighted by Gasteiger charge is -2.11. The minimum Gasteiger partial charge on any atom is -0.481 e. The number of aliphatic carboxylic acids is 1. The summed E-state index contributed by atoms with van der Waals surface area (Å²) in [5.41, 5.74) is 5.83. The maximum atomic E-state index is 11.5. The number of carbonyl (C=O) groups excluding carboxylic acids is 1. The van der Waals surface area contributed by atoms with Gasteiger partial charge >= 0.3 is 5.97 Å². The molecule has 4 N–H and O–H groups in total. The molecule has 5 nitrogen and oxygen atoms in total. The van der Waals surface area contributed by atoms with Crippen LogP contribution in [0, 0.1) is 11.8 Å². The first kappa shape index (κ1) is 14.0. The monoisotopic (exact) mass is 242 g/mol. The van der Waals surface area contributed by atoms with Gasteiger partial charge in [-0.1, -0.05) is 6.92 Å². The zero-order chi connectivity index (χ0) is 12.8. The van der Waals surface area contributed by atoms with Gasteiger partial charge in [0.2, 0.25) is 5.91 Å². The van der Waals surface area contributed by atoms with Crippen molar-refractivity contribution in [1.82, 2.24) is 5.32 Å². The summed E-state index contributed by atoms with van der Waals surface area (Å²) in [4.78, 5) is 22.0. The van der Waals surface area contributed by atoms with Crippen molar-refractivity contribution in [2.45, 2.75) is 45.1 Å². The van der Waals surface area contributed by atoms with E-state index in [9.17, 15) is 9.59 Å². The summed E-state index contributed by atoms with van der Waals surface area (Å²) < 4.78 is 0. The molecule has 0 aromatic heterocycles. The highest BCUT2D eigenvalue weighted by Gasteiger charge is 2.29. The topological polar surface area (TPSA) is 92.4 Å². The van der Waals surface area contributed by atoms with Gasteiger partial charge in [0.25, 0.3) is 0 Å². The molecule has 0 heterocycles. The number of rotatable bonds is 8. The first-order valence-electron chi connectivity index (χ1n) is 6.25. The second-order valence-electron chi connectivity index (χ2n) is 4.94. The summed E-state index contributed by atoms with van der Waals surface area (Å²) in [7, 11) is 0. The average molecular weight is 242 g/mol. The van der Waals surface area contributed by atoms with E-state index in [1.54, 1.807) is 6.92 Å². The van der Waals surface area contributed by atoms with Crippen molar-refractivity contribution in [3.8, 4) is 0 Å². The van der Waals surface area contributed by atoms with Crippen LogP contribution in [0.5, 0.6) is 0 Å². The molecule has 1 aliphatic rings. The van der Waals surface area contributed by atoms with Gasteiger partial charge in [-0.05, 0) is 31.6 Å². The summed E-state index contributed by atoms with van der Waals surface area (Å²) in [6, 6.07) is -0.00653. The van der Waals surface area contributed by atoms with Gasteiger partial charge in [0.15, 0.2) is 0 Å². The third-order valence-electron chi connectivity index (χ3n) is 3.21. The molecule has 0 saturated heterocycles. The molecule has 1 fully saturated rings. The Labute approximate surface area is 102 Å². The van der Waals surface area contributed by atoms with Gasteiger partial charge < -0.3 is 16.2 Å². The fraction of sp³-hybridized carbons (Fsp3) is 0.833. The Kier molecular flexibility index (Phi) is 5.41. The van der Waals surface area contributed by atoms with Crippen LogP contribution in [0.4, 0.5) is 0 Å². The maximum absolute atomic E-state index is 11.5. The predicted molar refractivity (Wildman–Crippen MR) is 64.4 cm³/mol. The summed E-state index contributed by atoms with van der Waals surface area (Å²) in [6.07, 6.45) is 3.95. The van der Waals surface area contributed by atoms with Crippen molar-refractivity contribution in [2.24, 2.45) is 17.6 Å². The number of carbonyl (C=O) groups is 2. The maximum Gasteiger partial charge on any atom is 0.306 e. The van der Waals surface area contributed by atoms with Gasteiger partial charge in [-0.2, -0.15) is 0 Å². The first-order valence-corrected chi connectivity index (χ1v) is 6.25. The summed E-state index contributed by atoms with van der Waals surface area (Å²) in [6.45, 7) is 2.21. The van der Waals surface area contributed by atoms with Crippen LogP contribution in [0.1, 0.15) is 39.0 Å². The lowest BCUT2D eigenvalue weighted by Crippen LogP contribution is -2.33. The number of hydrogen-bond acceptors (Lipinski definition) is 3. The lowest BCUT2D eigenvalue weighted by atomic mass is 10.1. The molecule has 0 spiro atoms. The fourth-order valence-electron chi connectivity index (χ4n) is 1.74. The van der Waals surface area contributed by atoms with Crippen LogP contribution < -0.4 is 11.1 Å². The number of nitrogens with one attached hydrogen (secondary N) is 1. The van der Waals surface area contributed by atoms with Gasteiger partial charge in [0, 0.05) is 19.0 Å². The highest BCUT2D eigenvalue weighted by atomic mass is 16.4. The van der Waals surface area contributed by atoms with Gasteiger partial charge in [0.1, 0.15) is 0 Å². The Balaban J connectivity index is 2.01. The quantitative estimate of drug-likeness (QED) is 0.547.